The number of nitrogens with zero attached hydrogens (tertiary/aromatic N) is 2. The summed E-state index contributed by atoms with van der Waals surface area (Å²) in [4.78, 5) is 11.6. The molecule has 0 saturated carbocycles. The first-order chi connectivity index (χ1) is 11.1. The molecule has 5 heteroatoms. The van der Waals surface area contributed by atoms with Gasteiger partial charge in [-0.2, -0.15) is 0 Å². The Morgan fingerprint density at radius 1 is 1.13 bits per heavy atom. The monoisotopic (exact) mass is 321 g/mol. The van der Waals surface area contributed by atoms with Crippen LogP contribution in [0, 0.1) is 6.92 Å². The summed E-state index contributed by atoms with van der Waals surface area (Å²) < 4.78 is 0. The van der Waals surface area contributed by atoms with E-state index in [1.54, 1.807) is 12.1 Å². The standard InChI is InChI=1S/C18H15N3OS/c1-3-12-8-9-13(11(2)10-12)17-20-21-18(23-17)15-7-5-4-6-14(15)16(19)22/h3-10H,1H2,2H3,(H2,19,22). The number of hydrogen-bond acceptors (Lipinski definition) is 4. The largest absolute Gasteiger partial charge is 0.366 e. The molecular formula is C18H15N3OS. The highest BCUT2D eigenvalue weighted by Crippen LogP contribution is 2.33. The van der Waals surface area contributed by atoms with Gasteiger partial charge < -0.3 is 5.73 Å². The van der Waals surface area contributed by atoms with Gasteiger partial charge in [-0.3, -0.25) is 4.79 Å². The van der Waals surface area contributed by atoms with Crippen LogP contribution in [0.25, 0.3) is 27.2 Å². The zero-order chi connectivity index (χ0) is 16.4. The Kier molecular flexibility index (Phi) is 4.04. The van der Waals surface area contributed by atoms with Crippen LogP contribution in [0.3, 0.4) is 0 Å². The fourth-order valence-electron chi connectivity index (χ4n) is 2.38. The first-order valence-corrected chi connectivity index (χ1v) is 7.88. The molecule has 2 N–H and O–H groups in total. The van der Waals surface area contributed by atoms with Gasteiger partial charge >= 0.3 is 0 Å². The number of amides is 1. The van der Waals surface area contributed by atoms with Crippen molar-refractivity contribution in [1.29, 1.82) is 0 Å². The lowest BCUT2D eigenvalue weighted by molar-refractivity contribution is 0.100. The van der Waals surface area contributed by atoms with Crippen molar-refractivity contribution in [3.05, 3.63) is 65.7 Å². The maximum atomic E-state index is 11.6. The van der Waals surface area contributed by atoms with Crippen LogP contribution in [0.2, 0.25) is 0 Å². The molecule has 0 spiro atoms. The molecule has 2 aromatic carbocycles. The predicted octanol–water partition coefficient (Wildman–Crippen LogP) is 3.92. The molecule has 0 radical (unpaired) electrons. The van der Waals surface area contributed by atoms with Gasteiger partial charge in [-0.05, 0) is 24.1 Å². The van der Waals surface area contributed by atoms with Gasteiger partial charge in [-0.15, -0.1) is 10.2 Å². The number of carbonyl (C=O) groups is 1. The Labute approximate surface area is 138 Å². The van der Waals surface area contributed by atoms with Gasteiger partial charge in [0.2, 0.25) is 5.91 Å². The van der Waals surface area contributed by atoms with Crippen molar-refractivity contribution >= 4 is 23.3 Å². The zero-order valence-electron chi connectivity index (χ0n) is 12.6. The van der Waals surface area contributed by atoms with E-state index in [1.807, 2.05) is 37.3 Å². The van der Waals surface area contributed by atoms with Gasteiger partial charge in [0.05, 0.1) is 0 Å². The molecule has 1 amide bonds. The van der Waals surface area contributed by atoms with Crippen molar-refractivity contribution < 1.29 is 4.79 Å². The predicted molar refractivity (Wildman–Crippen MR) is 94.1 cm³/mol. The van der Waals surface area contributed by atoms with Crippen LogP contribution < -0.4 is 5.73 Å². The molecule has 1 aromatic heterocycles. The lowest BCUT2D eigenvalue weighted by Crippen LogP contribution is -2.12. The van der Waals surface area contributed by atoms with E-state index in [-0.39, 0.29) is 0 Å². The van der Waals surface area contributed by atoms with E-state index in [2.05, 4.69) is 22.8 Å². The zero-order valence-corrected chi connectivity index (χ0v) is 13.4. The molecule has 3 rings (SSSR count). The molecule has 0 atom stereocenters. The number of nitrogens with two attached hydrogens (primary N) is 1. The van der Waals surface area contributed by atoms with Crippen molar-refractivity contribution in [1.82, 2.24) is 10.2 Å². The minimum Gasteiger partial charge on any atom is -0.366 e. The minimum atomic E-state index is -0.469. The van der Waals surface area contributed by atoms with Gasteiger partial charge in [0.1, 0.15) is 10.0 Å². The Bertz CT molecular complexity index is 899. The number of hydrogen-bond donors (Lipinski definition) is 1. The molecule has 0 bridgehead atoms. The number of aryl methyl sites for hydroxylation is 1. The number of rotatable bonds is 4. The lowest BCUT2D eigenvalue weighted by Gasteiger charge is -2.03. The van der Waals surface area contributed by atoms with Gasteiger partial charge in [-0.1, -0.05) is 60.4 Å². The average Bonchev–Trinajstić information content (AvgIpc) is 3.04. The normalized spacial score (nSPS) is 10.5. The third kappa shape index (κ3) is 2.91. The second kappa shape index (κ2) is 6.14. The summed E-state index contributed by atoms with van der Waals surface area (Å²) in [5, 5.41) is 9.99. The van der Waals surface area contributed by atoms with E-state index < -0.39 is 5.91 Å². The summed E-state index contributed by atoms with van der Waals surface area (Å²) >= 11 is 1.44. The molecule has 0 aliphatic rings. The van der Waals surface area contributed by atoms with E-state index in [4.69, 9.17) is 5.73 Å². The highest BCUT2D eigenvalue weighted by atomic mass is 32.1. The summed E-state index contributed by atoms with van der Waals surface area (Å²) in [7, 11) is 0. The van der Waals surface area contributed by atoms with Crippen LogP contribution >= 0.6 is 11.3 Å². The number of benzene rings is 2. The second-order valence-electron chi connectivity index (χ2n) is 5.10. The highest BCUT2D eigenvalue weighted by molar-refractivity contribution is 7.18. The van der Waals surface area contributed by atoms with E-state index in [9.17, 15) is 4.79 Å². The van der Waals surface area contributed by atoms with Gasteiger partial charge in [0, 0.05) is 16.7 Å². The summed E-state index contributed by atoms with van der Waals surface area (Å²) in [5.41, 5.74) is 9.79. The molecule has 3 aromatic rings. The Hall–Kier alpha value is -2.79. The van der Waals surface area contributed by atoms with Crippen molar-refractivity contribution in [2.45, 2.75) is 6.92 Å². The summed E-state index contributed by atoms with van der Waals surface area (Å²) in [5.74, 6) is -0.469. The van der Waals surface area contributed by atoms with Crippen LogP contribution in [-0.4, -0.2) is 16.1 Å². The topological polar surface area (TPSA) is 68.9 Å². The van der Waals surface area contributed by atoms with E-state index in [0.29, 0.717) is 16.1 Å². The maximum Gasteiger partial charge on any atom is 0.249 e. The summed E-state index contributed by atoms with van der Waals surface area (Å²) in [6, 6.07) is 13.2. The SMILES string of the molecule is C=Cc1ccc(-c2nnc(-c3ccccc3C(N)=O)s2)c(C)c1. The smallest absolute Gasteiger partial charge is 0.249 e. The molecule has 0 fully saturated rings. The molecular weight excluding hydrogens is 306 g/mol. The molecule has 114 valence electrons. The van der Waals surface area contributed by atoms with E-state index in [0.717, 1.165) is 21.7 Å². The molecule has 0 unspecified atom stereocenters. The third-order valence-corrected chi connectivity index (χ3v) is 4.55. The Morgan fingerprint density at radius 3 is 2.48 bits per heavy atom. The molecule has 0 aliphatic heterocycles. The van der Waals surface area contributed by atoms with Crippen molar-refractivity contribution in [2.75, 3.05) is 0 Å². The van der Waals surface area contributed by atoms with Gasteiger partial charge in [-0.25, -0.2) is 0 Å². The summed E-state index contributed by atoms with van der Waals surface area (Å²) in [6.07, 6.45) is 1.81. The summed E-state index contributed by atoms with van der Waals surface area (Å²) in [6.45, 7) is 5.80. The number of aromatic nitrogens is 2. The lowest BCUT2D eigenvalue weighted by atomic mass is 10.1. The van der Waals surface area contributed by atoms with Crippen LogP contribution in [0.5, 0.6) is 0 Å². The molecule has 4 nitrogen and oxygen atoms in total. The minimum absolute atomic E-state index is 0.453. The molecule has 23 heavy (non-hydrogen) atoms. The molecule has 1 heterocycles. The third-order valence-electron chi connectivity index (χ3n) is 3.56. The van der Waals surface area contributed by atoms with Crippen LogP contribution in [0.15, 0.2) is 49.0 Å². The quantitative estimate of drug-likeness (QED) is 0.791. The van der Waals surface area contributed by atoms with Gasteiger partial charge in [0.25, 0.3) is 0 Å². The van der Waals surface area contributed by atoms with Crippen LogP contribution in [0.4, 0.5) is 0 Å². The van der Waals surface area contributed by atoms with Gasteiger partial charge in [0.15, 0.2) is 0 Å². The highest BCUT2D eigenvalue weighted by Gasteiger charge is 2.15. The van der Waals surface area contributed by atoms with Crippen molar-refractivity contribution in [3.63, 3.8) is 0 Å². The first-order valence-electron chi connectivity index (χ1n) is 7.06. The number of carbonyl (C=O) groups excluding carboxylic acids is 1. The van der Waals surface area contributed by atoms with E-state index in [1.165, 1.54) is 11.3 Å². The first kappa shape index (κ1) is 15.1. The second-order valence-corrected chi connectivity index (χ2v) is 6.08. The van der Waals surface area contributed by atoms with Crippen LogP contribution in [-0.2, 0) is 0 Å². The fourth-order valence-corrected chi connectivity index (χ4v) is 3.35. The average molecular weight is 321 g/mol. The van der Waals surface area contributed by atoms with Crippen molar-refractivity contribution in [3.8, 4) is 21.1 Å². The molecule has 0 saturated heterocycles. The fraction of sp³-hybridized carbons (Fsp3) is 0.0556. The molecule has 0 aliphatic carbocycles. The van der Waals surface area contributed by atoms with Crippen molar-refractivity contribution in [2.24, 2.45) is 5.73 Å². The van der Waals surface area contributed by atoms with E-state index >= 15 is 0 Å². The maximum absolute atomic E-state index is 11.6. The Balaban J connectivity index is 2.05. The Morgan fingerprint density at radius 2 is 1.83 bits per heavy atom. The van der Waals surface area contributed by atoms with Crippen LogP contribution in [0.1, 0.15) is 21.5 Å². The number of primary amides is 1.